The van der Waals surface area contributed by atoms with Crippen LogP contribution in [0.5, 0.6) is 11.5 Å². The molecule has 3 nitrogen and oxygen atoms in total. The first-order chi connectivity index (χ1) is 7.79. The van der Waals surface area contributed by atoms with Crippen molar-refractivity contribution in [2.24, 2.45) is 0 Å². The molecule has 0 atom stereocenters. The number of aryl methyl sites for hydroxylation is 1. The monoisotopic (exact) mass is 211 g/mol. The molecule has 0 aliphatic heterocycles. The van der Waals surface area contributed by atoms with E-state index in [1.807, 2.05) is 43.3 Å². The van der Waals surface area contributed by atoms with E-state index in [0.29, 0.717) is 11.4 Å². The third-order valence-corrected chi connectivity index (χ3v) is 2.19. The van der Waals surface area contributed by atoms with E-state index in [9.17, 15) is 0 Å². The van der Waals surface area contributed by atoms with Crippen molar-refractivity contribution in [3.63, 3.8) is 0 Å². The topological polar surface area (TPSA) is 37.4 Å². The molecule has 0 radical (unpaired) electrons. The summed E-state index contributed by atoms with van der Waals surface area (Å²) in [5.74, 6) is 1.26. The van der Waals surface area contributed by atoms with Crippen molar-refractivity contribution in [2.75, 3.05) is 0 Å². The Morgan fingerprint density at radius 1 is 1.06 bits per heavy atom. The van der Waals surface area contributed by atoms with Gasteiger partial charge in [-0.3, -0.25) is 0 Å². The maximum Gasteiger partial charge on any atom is 0.427 e. The summed E-state index contributed by atoms with van der Waals surface area (Å²) in [4.78, 5) is 3.20. The summed E-state index contributed by atoms with van der Waals surface area (Å²) in [7, 11) is 0. The van der Waals surface area contributed by atoms with Gasteiger partial charge in [-0.2, -0.15) is 0 Å². The first kappa shape index (κ1) is 10.2. The van der Waals surface area contributed by atoms with Crippen LogP contribution in [0.15, 0.2) is 48.5 Å². The second kappa shape index (κ2) is 4.45. The van der Waals surface area contributed by atoms with E-state index in [2.05, 4.69) is 4.98 Å². The third kappa shape index (κ3) is 2.18. The van der Waals surface area contributed by atoms with Gasteiger partial charge < -0.3 is 4.74 Å². The average Bonchev–Trinajstić information content (AvgIpc) is 2.33. The van der Waals surface area contributed by atoms with Crippen LogP contribution in [0.1, 0.15) is 5.56 Å². The number of para-hydroxylation sites is 1. The van der Waals surface area contributed by atoms with Crippen LogP contribution in [0.25, 0.3) is 4.98 Å². The van der Waals surface area contributed by atoms with Crippen LogP contribution in [-0.2, 0) is 0 Å². The number of diazo groups is 1. The maximum absolute atomic E-state index is 8.87. The normalized spacial score (nSPS) is 9.50. The Morgan fingerprint density at radius 3 is 2.50 bits per heavy atom. The SMILES string of the molecule is Cc1ccc(Oc2ccccc2)c([N+]#N)c1. The molecule has 78 valence electrons. The fourth-order valence-electron chi connectivity index (χ4n) is 1.41. The van der Waals surface area contributed by atoms with Gasteiger partial charge in [-0.1, -0.05) is 24.3 Å². The zero-order valence-corrected chi connectivity index (χ0v) is 8.92. The Morgan fingerprint density at radius 2 is 1.81 bits per heavy atom. The third-order valence-electron chi connectivity index (χ3n) is 2.19. The molecular weight excluding hydrogens is 200 g/mol. The molecule has 2 aromatic rings. The lowest BCUT2D eigenvalue weighted by Crippen LogP contribution is -1.84. The number of hydrogen-bond donors (Lipinski definition) is 0. The summed E-state index contributed by atoms with van der Waals surface area (Å²) in [6, 6.07) is 14.8. The van der Waals surface area contributed by atoms with Gasteiger partial charge in [0.05, 0.1) is 0 Å². The Bertz CT molecular complexity index is 529. The summed E-state index contributed by atoms with van der Waals surface area (Å²) in [6.07, 6.45) is 0. The van der Waals surface area contributed by atoms with Crippen LogP contribution in [0.3, 0.4) is 0 Å². The molecule has 0 spiro atoms. The lowest BCUT2D eigenvalue weighted by Gasteiger charge is -2.02. The van der Waals surface area contributed by atoms with Crippen LogP contribution in [-0.4, -0.2) is 0 Å². The zero-order chi connectivity index (χ0) is 11.4. The van der Waals surface area contributed by atoms with Gasteiger partial charge in [0.1, 0.15) is 5.75 Å². The molecule has 0 unspecified atom stereocenters. The highest BCUT2D eigenvalue weighted by Gasteiger charge is 2.15. The second-order valence-electron chi connectivity index (χ2n) is 3.49. The van der Waals surface area contributed by atoms with E-state index in [1.165, 1.54) is 0 Å². The Hall–Kier alpha value is -2.34. The fourth-order valence-corrected chi connectivity index (χ4v) is 1.41. The first-order valence-corrected chi connectivity index (χ1v) is 4.98. The van der Waals surface area contributed by atoms with E-state index in [1.54, 1.807) is 12.1 Å². The summed E-state index contributed by atoms with van der Waals surface area (Å²) >= 11 is 0. The Kier molecular flexibility index (Phi) is 2.84. The van der Waals surface area contributed by atoms with Crippen molar-refractivity contribution in [3.05, 3.63) is 59.1 Å². The van der Waals surface area contributed by atoms with Crippen LogP contribution in [0, 0.1) is 12.3 Å². The smallest absolute Gasteiger partial charge is 0.427 e. The van der Waals surface area contributed by atoms with E-state index in [0.717, 1.165) is 11.3 Å². The van der Waals surface area contributed by atoms with Crippen molar-refractivity contribution in [3.8, 4) is 11.5 Å². The van der Waals surface area contributed by atoms with Crippen LogP contribution in [0.4, 0.5) is 5.69 Å². The molecule has 0 fully saturated rings. The molecule has 0 N–H and O–H groups in total. The minimum atomic E-state index is 0.434. The van der Waals surface area contributed by atoms with Gasteiger partial charge in [-0.15, -0.1) is 0 Å². The van der Waals surface area contributed by atoms with Crippen molar-refractivity contribution < 1.29 is 4.74 Å². The molecule has 0 amide bonds. The Labute approximate surface area is 93.9 Å². The minimum Gasteiger partial charge on any atom is -0.449 e. The van der Waals surface area contributed by atoms with Crippen molar-refractivity contribution in [2.45, 2.75) is 6.92 Å². The molecule has 0 saturated carbocycles. The molecule has 3 heteroatoms. The molecule has 0 aliphatic rings. The van der Waals surface area contributed by atoms with E-state index in [4.69, 9.17) is 10.1 Å². The number of ether oxygens (including phenoxy) is 1. The van der Waals surface area contributed by atoms with Gasteiger partial charge in [0.25, 0.3) is 0 Å². The minimum absolute atomic E-state index is 0.434. The van der Waals surface area contributed by atoms with Crippen molar-refractivity contribution >= 4 is 5.69 Å². The second-order valence-corrected chi connectivity index (χ2v) is 3.49. The highest BCUT2D eigenvalue weighted by atomic mass is 16.5. The largest absolute Gasteiger partial charge is 0.449 e. The van der Waals surface area contributed by atoms with Gasteiger partial charge in [0, 0.05) is 6.07 Å². The molecule has 0 saturated heterocycles. The lowest BCUT2D eigenvalue weighted by atomic mass is 10.2. The number of nitrogens with zero attached hydrogens (tertiary/aromatic N) is 2. The lowest BCUT2D eigenvalue weighted by molar-refractivity contribution is 0.485. The summed E-state index contributed by atoms with van der Waals surface area (Å²) in [5.41, 5.74) is 1.46. The van der Waals surface area contributed by atoms with Crippen molar-refractivity contribution in [1.82, 2.24) is 0 Å². The van der Waals surface area contributed by atoms with Gasteiger partial charge in [-0.05, 0) is 30.7 Å². The average molecular weight is 211 g/mol. The van der Waals surface area contributed by atoms with Crippen molar-refractivity contribution in [1.29, 1.82) is 5.39 Å². The number of benzene rings is 2. The molecule has 2 aromatic carbocycles. The quantitative estimate of drug-likeness (QED) is 0.695. The Balaban J connectivity index is 2.32. The summed E-state index contributed by atoms with van der Waals surface area (Å²) in [5, 5.41) is 8.87. The van der Waals surface area contributed by atoms with Crippen LogP contribution >= 0.6 is 0 Å². The number of hydrogen-bond acceptors (Lipinski definition) is 2. The summed E-state index contributed by atoms with van der Waals surface area (Å²) in [6.45, 7) is 1.93. The molecular formula is C13H11N2O+. The highest BCUT2D eigenvalue weighted by molar-refractivity contribution is 5.59. The molecule has 0 aliphatic carbocycles. The molecule has 0 aromatic heterocycles. The predicted molar refractivity (Wildman–Crippen MR) is 62.4 cm³/mol. The van der Waals surface area contributed by atoms with E-state index < -0.39 is 0 Å². The van der Waals surface area contributed by atoms with Crippen LogP contribution < -0.4 is 4.74 Å². The van der Waals surface area contributed by atoms with Gasteiger partial charge in [-0.25, -0.2) is 0 Å². The van der Waals surface area contributed by atoms with Crippen LogP contribution in [0.2, 0.25) is 0 Å². The highest BCUT2D eigenvalue weighted by Crippen LogP contribution is 2.32. The predicted octanol–water partition coefficient (Wildman–Crippen LogP) is 4.27. The zero-order valence-electron chi connectivity index (χ0n) is 8.92. The van der Waals surface area contributed by atoms with E-state index in [-0.39, 0.29) is 0 Å². The maximum atomic E-state index is 8.87. The van der Waals surface area contributed by atoms with E-state index >= 15 is 0 Å². The van der Waals surface area contributed by atoms with Gasteiger partial charge in [0.15, 0.2) is 4.98 Å². The number of rotatable bonds is 2. The fraction of sp³-hybridized carbons (Fsp3) is 0.0769. The van der Waals surface area contributed by atoms with Gasteiger partial charge >= 0.3 is 5.69 Å². The standard InChI is InChI=1S/C13H11N2O/c1-10-7-8-13(12(9-10)15-14)16-11-5-3-2-4-6-11/h2-9H,1H3/q+1. The molecule has 0 heterocycles. The molecule has 2 rings (SSSR count). The molecule has 16 heavy (non-hydrogen) atoms. The van der Waals surface area contributed by atoms with Gasteiger partial charge in [0.2, 0.25) is 11.1 Å². The summed E-state index contributed by atoms with van der Waals surface area (Å²) < 4.78 is 5.60. The molecule has 0 bridgehead atoms. The first-order valence-electron chi connectivity index (χ1n) is 4.98.